The number of piperidine rings is 1. The number of likely N-dealkylation sites (tertiary alicyclic amines) is 1. The third-order valence-corrected chi connectivity index (χ3v) is 5.98. The molecule has 0 amide bonds. The molecule has 2 fully saturated rings. The molecule has 1 saturated carbocycles. The van der Waals surface area contributed by atoms with Crippen molar-refractivity contribution in [2.45, 2.75) is 51.6 Å². The van der Waals surface area contributed by atoms with Gasteiger partial charge in [-0.25, -0.2) is 4.68 Å². The van der Waals surface area contributed by atoms with Crippen LogP contribution in [0.25, 0.3) is 0 Å². The summed E-state index contributed by atoms with van der Waals surface area (Å²) in [6, 6.07) is 3.39. The van der Waals surface area contributed by atoms with Crippen molar-refractivity contribution < 1.29 is 0 Å². The SMILES string of the molecule is Cc1ccc(=O)n(CC2CCN(Cc3nnc(C4CC4)s3)CC2)n1. The Morgan fingerprint density at radius 3 is 2.71 bits per heavy atom. The summed E-state index contributed by atoms with van der Waals surface area (Å²) in [7, 11) is 0. The highest BCUT2D eigenvalue weighted by Gasteiger charge is 2.28. The van der Waals surface area contributed by atoms with Crippen molar-refractivity contribution in [3.05, 3.63) is 38.2 Å². The van der Waals surface area contributed by atoms with Gasteiger partial charge >= 0.3 is 0 Å². The zero-order valence-corrected chi connectivity index (χ0v) is 14.8. The van der Waals surface area contributed by atoms with E-state index >= 15 is 0 Å². The number of aromatic nitrogens is 4. The molecule has 4 rings (SSSR count). The van der Waals surface area contributed by atoms with Gasteiger partial charge in [-0.3, -0.25) is 9.69 Å². The van der Waals surface area contributed by atoms with E-state index in [1.807, 2.05) is 6.92 Å². The minimum Gasteiger partial charge on any atom is -0.297 e. The van der Waals surface area contributed by atoms with E-state index in [9.17, 15) is 4.79 Å². The summed E-state index contributed by atoms with van der Waals surface area (Å²) in [6.45, 7) is 5.70. The Morgan fingerprint density at radius 1 is 1.17 bits per heavy atom. The van der Waals surface area contributed by atoms with Gasteiger partial charge < -0.3 is 0 Å². The number of nitrogens with zero attached hydrogens (tertiary/aromatic N) is 5. The van der Waals surface area contributed by atoms with Crippen molar-refractivity contribution in [1.29, 1.82) is 0 Å². The van der Waals surface area contributed by atoms with E-state index in [-0.39, 0.29) is 5.56 Å². The fourth-order valence-corrected chi connectivity index (χ4v) is 4.32. The molecule has 3 heterocycles. The van der Waals surface area contributed by atoms with Crippen molar-refractivity contribution in [1.82, 2.24) is 24.9 Å². The molecule has 6 nitrogen and oxygen atoms in total. The zero-order chi connectivity index (χ0) is 16.5. The Bertz CT molecular complexity index is 758. The monoisotopic (exact) mass is 345 g/mol. The lowest BCUT2D eigenvalue weighted by molar-refractivity contribution is 0.163. The molecule has 2 aliphatic rings. The van der Waals surface area contributed by atoms with Gasteiger partial charge in [-0.1, -0.05) is 11.3 Å². The molecule has 24 heavy (non-hydrogen) atoms. The third kappa shape index (κ3) is 3.72. The van der Waals surface area contributed by atoms with Gasteiger partial charge in [0.2, 0.25) is 0 Å². The van der Waals surface area contributed by atoms with Crippen molar-refractivity contribution in [2.24, 2.45) is 5.92 Å². The van der Waals surface area contributed by atoms with E-state index in [0.717, 1.165) is 49.7 Å². The molecule has 0 N–H and O–H groups in total. The second-order valence-corrected chi connectivity index (χ2v) is 8.12. The molecule has 0 unspecified atom stereocenters. The molecule has 0 bridgehead atoms. The average molecular weight is 345 g/mol. The van der Waals surface area contributed by atoms with Gasteiger partial charge in [0.25, 0.3) is 5.56 Å². The zero-order valence-electron chi connectivity index (χ0n) is 14.0. The molecule has 1 saturated heterocycles. The minimum absolute atomic E-state index is 0.00416. The van der Waals surface area contributed by atoms with Crippen LogP contribution in [0.15, 0.2) is 16.9 Å². The Kier molecular flexibility index (Phi) is 4.45. The van der Waals surface area contributed by atoms with E-state index in [1.54, 1.807) is 28.2 Å². The molecule has 7 heteroatoms. The highest BCUT2D eigenvalue weighted by atomic mass is 32.1. The predicted molar refractivity (Wildman–Crippen MR) is 93.1 cm³/mol. The number of aryl methyl sites for hydroxylation is 1. The molecule has 0 spiro atoms. The lowest BCUT2D eigenvalue weighted by Gasteiger charge is -2.31. The van der Waals surface area contributed by atoms with Gasteiger partial charge in [0.05, 0.1) is 12.2 Å². The fourth-order valence-electron chi connectivity index (χ4n) is 3.27. The summed E-state index contributed by atoms with van der Waals surface area (Å²) in [5.41, 5.74) is 0.902. The predicted octanol–water partition coefficient (Wildman–Crippen LogP) is 2.19. The fraction of sp³-hybridized carbons (Fsp3) is 0.647. The third-order valence-electron chi connectivity index (χ3n) is 4.91. The van der Waals surface area contributed by atoms with Crippen LogP contribution >= 0.6 is 11.3 Å². The van der Waals surface area contributed by atoms with E-state index < -0.39 is 0 Å². The lowest BCUT2D eigenvalue weighted by atomic mass is 9.97. The molecular formula is C17H23N5OS. The summed E-state index contributed by atoms with van der Waals surface area (Å²) in [4.78, 5) is 14.3. The quantitative estimate of drug-likeness (QED) is 0.831. The van der Waals surface area contributed by atoms with Crippen LogP contribution < -0.4 is 5.56 Å². The van der Waals surface area contributed by atoms with E-state index in [4.69, 9.17) is 0 Å². The molecular weight excluding hydrogens is 322 g/mol. The van der Waals surface area contributed by atoms with Gasteiger partial charge in [0.1, 0.15) is 10.0 Å². The maximum Gasteiger partial charge on any atom is 0.266 e. The lowest BCUT2D eigenvalue weighted by Crippen LogP contribution is -2.36. The van der Waals surface area contributed by atoms with E-state index in [0.29, 0.717) is 11.8 Å². The maximum atomic E-state index is 11.9. The average Bonchev–Trinajstić information content (AvgIpc) is 3.33. The highest BCUT2D eigenvalue weighted by molar-refractivity contribution is 7.11. The molecule has 0 radical (unpaired) electrons. The Labute approximate surface area is 145 Å². The molecule has 0 aromatic carbocycles. The van der Waals surface area contributed by atoms with Gasteiger partial charge in [-0.2, -0.15) is 5.10 Å². The Balaban J connectivity index is 1.29. The first-order valence-corrected chi connectivity index (χ1v) is 9.58. The topological polar surface area (TPSA) is 63.9 Å². The second kappa shape index (κ2) is 6.72. The van der Waals surface area contributed by atoms with Crippen LogP contribution in [0.5, 0.6) is 0 Å². The van der Waals surface area contributed by atoms with Crippen LogP contribution in [0.3, 0.4) is 0 Å². The van der Waals surface area contributed by atoms with Gasteiger partial charge in [-0.05, 0) is 57.7 Å². The maximum absolute atomic E-state index is 11.9. The first kappa shape index (κ1) is 15.9. The summed E-state index contributed by atoms with van der Waals surface area (Å²) in [5.74, 6) is 1.23. The second-order valence-electron chi connectivity index (χ2n) is 7.02. The van der Waals surface area contributed by atoms with Gasteiger partial charge in [0, 0.05) is 18.5 Å². The molecule has 1 aliphatic heterocycles. The number of hydrogen-bond acceptors (Lipinski definition) is 6. The van der Waals surface area contributed by atoms with Gasteiger partial charge in [0.15, 0.2) is 0 Å². The van der Waals surface area contributed by atoms with Crippen molar-refractivity contribution in [3.8, 4) is 0 Å². The first-order valence-electron chi connectivity index (χ1n) is 8.77. The van der Waals surface area contributed by atoms with Crippen LogP contribution in [0.4, 0.5) is 0 Å². The van der Waals surface area contributed by atoms with Crippen molar-refractivity contribution in [3.63, 3.8) is 0 Å². The number of hydrogen-bond donors (Lipinski definition) is 0. The summed E-state index contributed by atoms with van der Waals surface area (Å²) >= 11 is 1.78. The molecule has 128 valence electrons. The Morgan fingerprint density at radius 2 is 1.96 bits per heavy atom. The van der Waals surface area contributed by atoms with Crippen LogP contribution in [-0.4, -0.2) is 38.0 Å². The summed E-state index contributed by atoms with van der Waals surface area (Å²) in [6.07, 6.45) is 4.78. The van der Waals surface area contributed by atoms with E-state index in [1.165, 1.54) is 17.8 Å². The molecule has 2 aromatic heterocycles. The van der Waals surface area contributed by atoms with Crippen LogP contribution in [0.2, 0.25) is 0 Å². The molecule has 0 atom stereocenters. The molecule has 1 aliphatic carbocycles. The molecule has 2 aromatic rings. The largest absolute Gasteiger partial charge is 0.297 e. The van der Waals surface area contributed by atoms with E-state index in [2.05, 4.69) is 20.2 Å². The van der Waals surface area contributed by atoms with Crippen LogP contribution in [-0.2, 0) is 13.1 Å². The van der Waals surface area contributed by atoms with Crippen molar-refractivity contribution >= 4 is 11.3 Å². The summed E-state index contributed by atoms with van der Waals surface area (Å²) < 4.78 is 1.63. The van der Waals surface area contributed by atoms with Crippen LogP contribution in [0.1, 0.15) is 47.3 Å². The van der Waals surface area contributed by atoms with Gasteiger partial charge in [-0.15, -0.1) is 10.2 Å². The normalized spacial score (nSPS) is 19.7. The highest BCUT2D eigenvalue weighted by Crippen LogP contribution is 2.41. The van der Waals surface area contributed by atoms with Crippen LogP contribution in [0, 0.1) is 12.8 Å². The summed E-state index contributed by atoms with van der Waals surface area (Å²) in [5, 5.41) is 15.4. The first-order chi connectivity index (χ1) is 11.7. The van der Waals surface area contributed by atoms with Crippen molar-refractivity contribution in [2.75, 3.05) is 13.1 Å². The standard InChI is InChI=1S/C17H23N5OS/c1-12-2-5-16(23)22(20-12)10-13-6-8-21(9-7-13)11-15-18-19-17(24-15)14-3-4-14/h2,5,13-14H,3-4,6-11H2,1H3. The smallest absolute Gasteiger partial charge is 0.266 e. The Hall–Kier alpha value is -1.60. The number of rotatable bonds is 5. The minimum atomic E-state index is 0.00416.